The maximum Gasteiger partial charge on any atom is 0.239 e. The van der Waals surface area contributed by atoms with E-state index in [1.165, 1.54) is 12.3 Å². The zero-order valence-corrected chi connectivity index (χ0v) is 9.78. The summed E-state index contributed by atoms with van der Waals surface area (Å²) in [7, 11) is -2.11. The Labute approximate surface area is 94.7 Å². The Morgan fingerprint density at radius 3 is 2.62 bits per heavy atom. The van der Waals surface area contributed by atoms with E-state index < -0.39 is 10.0 Å². The van der Waals surface area contributed by atoms with Crippen molar-refractivity contribution >= 4 is 10.0 Å². The van der Waals surface area contributed by atoms with Gasteiger partial charge in [-0.2, -0.15) is 0 Å². The predicted octanol–water partition coefficient (Wildman–Crippen LogP) is -0.755. The molecule has 0 fully saturated rings. The van der Waals surface area contributed by atoms with Gasteiger partial charge in [0.15, 0.2) is 0 Å². The molecule has 0 saturated heterocycles. The lowest BCUT2D eigenvalue weighted by molar-refractivity contribution is 0.179. The molecule has 90 valence electrons. The van der Waals surface area contributed by atoms with Gasteiger partial charge in [0.05, 0.1) is 6.61 Å². The molecule has 0 aliphatic rings. The third kappa shape index (κ3) is 3.86. The lowest BCUT2D eigenvalue weighted by atomic mass is 10.1. The van der Waals surface area contributed by atoms with Gasteiger partial charge in [0.2, 0.25) is 10.0 Å². The molecule has 16 heavy (non-hydrogen) atoms. The fraction of sp³-hybridized carbons (Fsp3) is 0.444. The molecule has 1 aromatic rings. The molecule has 1 aromatic heterocycles. The maximum atomic E-state index is 11.0. The van der Waals surface area contributed by atoms with Crippen LogP contribution in [0.3, 0.4) is 0 Å². The van der Waals surface area contributed by atoms with Crippen LogP contribution < -0.4 is 10.9 Å². The molecule has 1 rings (SSSR count). The second-order valence-electron chi connectivity index (χ2n) is 3.45. The van der Waals surface area contributed by atoms with Gasteiger partial charge in [-0.15, -0.1) is 0 Å². The molecule has 0 saturated carbocycles. The quantitative estimate of drug-likeness (QED) is 0.709. The first-order valence-electron chi connectivity index (χ1n) is 4.65. The highest BCUT2D eigenvalue weighted by Crippen LogP contribution is 2.06. The van der Waals surface area contributed by atoms with Crippen molar-refractivity contribution in [1.82, 2.24) is 4.98 Å². The lowest BCUT2D eigenvalue weighted by Gasteiger charge is -2.09. The van der Waals surface area contributed by atoms with Crippen LogP contribution in [0.25, 0.3) is 0 Å². The largest absolute Gasteiger partial charge is 0.383 e. The molecule has 6 nitrogen and oxygen atoms in total. The number of nitrogens with zero attached hydrogens (tertiary/aromatic N) is 1. The van der Waals surface area contributed by atoms with Crippen LogP contribution in [0.5, 0.6) is 0 Å². The van der Waals surface area contributed by atoms with E-state index in [1.54, 1.807) is 13.2 Å². The van der Waals surface area contributed by atoms with Crippen LogP contribution in [0.2, 0.25) is 0 Å². The molecule has 0 radical (unpaired) electrons. The van der Waals surface area contributed by atoms with Crippen LogP contribution in [-0.2, 0) is 21.2 Å². The van der Waals surface area contributed by atoms with E-state index in [-0.39, 0.29) is 10.9 Å². The number of ether oxygens (including phenoxy) is 1. The number of hydrogen-bond acceptors (Lipinski definition) is 5. The van der Waals surface area contributed by atoms with E-state index in [2.05, 4.69) is 4.98 Å². The highest BCUT2D eigenvalue weighted by Gasteiger charge is 2.09. The van der Waals surface area contributed by atoms with Crippen molar-refractivity contribution in [3.8, 4) is 0 Å². The summed E-state index contributed by atoms with van der Waals surface area (Å²) < 4.78 is 26.8. The van der Waals surface area contributed by atoms with E-state index in [1.807, 2.05) is 0 Å². The fourth-order valence-electron chi connectivity index (χ4n) is 1.24. The minimum atomic E-state index is -3.68. The summed E-state index contributed by atoms with van der Waals surface area (Å²) in [5.74, 6) is 0. The van der Waals surface area contributed by atoms with E-state index in [9.17, 15) is 8.42 Å². The summed E-state index contributed by atoms with van der Waals surface area (Å²) in [6.45, 7) is 0.429. The van der Waals surface area contributed by atoms with Crippen LogP contribution in [0.1, 0.15) is 5.69 Å². The van der Waals surface area contributed by atoms with Gasteiger partial charge < -0.3 is 10.5 Å². The molecule has 1 atom stereocenters. The van der Waals surface area contributed by atoms with E-state index in [0.29, 0.717) is 18.7 Å². The Balaban J connectivity index is 2.72. The molecule has 0 aromatic carbocycles. The Morgan fingerprint density at radius 1 is 1.50 bits per heavy atom. The summed E-state index contributed by atoms with van der Waals surface area (Å²) in [4.78, 5) is 3.97. The number of sulfonamides is 1. The van der Waals surface area contributed by atoms with Gasteiger partial charge in [-0.25, -0.2) is 13.6 Å². The zero-order chi connectivity index (χ0) is 12.2. The summed E-state index contributed by atoms with van der Waals surface area (Å²) >= 11 is 0. The Hall–Kier alpha value is -1.02. The number of nitrogens with two attached hydrogens (primary N) is 2. The molecule has 0 bridgehead atoms. The SMILES string of the molecule is COCC(N)Cc1ccc(S(N)(=O)=O)cn1. The van der Waals surface area contributed by atoms with Gasteiger partial charge >= 0.3 is 0 Å². The average molecular weight is 245 g/mol. The number of pyridine rings is 1. The first-order chi connectivity index (χ1) is 7.43. The maximum absolute atomic E-state index is 11.0. The molecular weight excluding hydrogens is 230 g/mol. The normalized spacial score (nSPS) is 13.7. The van der Waals surface area contributed by atoms with Crippen LogP contribution in [0.15, 0.2) is 23.2 Å². The van der Waals surface area contributed by atoms with E-state index >= 15 is 0 Å². The molecule has 0 aliphatic heterocycles. The standard InChI is InChI=1S/C9H15N3O3S/c1-15-6-7(10)4-8-2-3-9(5-12-8)16(11,13)14/h2-3,5,7H,4,6,10H2,1H3,(H2,11,13,14). The van der Waals surface area contributed by atoms with Gasteiger partial charge in [-0.3, -0.25) is 4.98 Å². The van der Waals surface area contributed by atoms with Crippen LogP contribution in [0.4, 0.5) is 0 Å². The Bertz CT molecular complexity index is 430. The minimum Gasteiger partial charge on any atom is -0.383 e. The van der Waals surface area contributed by atoms with Gasteiger partial charge in [-0.05, 0) is 12.1 Å². The molecular formula is C9H15N3O3S. The number of aromatic nitrogens is 1. The minimum absolute atomic E-state index is 0.00318. The summed E-state index contributed by atoms with van der Waals surface area (Å²) in [6, 6.07) is 2.85. The third-order valence-corrected chi connectivity index (χ3v) is 2.88. The third-order valence-electron chi connectivity index (χ3n) is 1.98. The Kier molecular flexibility index (Phi) is 4.36. The molecule has 1 unspecified atom stereocenters. The summed E-state index contributed by atoms with van der Waals surface area (Å²) in [5, 5.41) is 4.94. The van der Waals surface area contributed by atoms with Crippen molar-refractivity contribution in [2.75, 3.05) is 13.7 Å². The first-order valence-corrected chi connectivity index (χ1v) is 6.20. The highest BCUT2D eigenvalue weighted by molar-refractivity contribution is 7.89. The molecule has 0 aliphatic carbocycles. The topological polar surface area (TPSA) is 108 Å². The van der Waals surface area contributed by atoms with Crippen LogP contribution in [-0.4, -0.2) is 33.2 Å². The average Bonchev–Trinajstić information content (AvgIpc) is 2.17. The van der Waals surface area contributed by atoms with Crippen LogP contribution in [0, 0.1) is 0 Å². The number of primary sulfonamides is 1. The monoisotopic (exact) mass is 245 g/mol. The smallest absolute Gasteiger partial charge is 0.239 e. The molecule has 0 spiro atoms. The van der Waals surface area contributed by atoms with E-state index in [0.717, 1.165) is 0 Å². The molecule has 7 heteroatoms. The van der Waals surface area contributed by atoms with Crippen molar-refractivity contribution in [2.24, 2.45) is 10.9 Å². The van der Waals surface area contributed by atoms with Crippen LogP contribution >= 0.6 is 0 Å². The molecule has 1 heterocycles. The van der Waals surface area contributed by atoms with Crippen molar-refractivity contribution in [3.05, 3.63) is 24.0 Å². The number of rotatable bonds is 5. The van der Waals surface area contributed by atoms with Crippen molar-refractivity contribution in [1.29, 1.82) is 0 Å². The van der Waals surface area contributed by atoms with E-state index in [4.69, 9.17) is 15.6 Å². The van der Waals surface area contributed by atoms with Gasteiger partial charge in [-0.1, -0.05) is 0 Å². The zero-order valence-electron chi connectivity index (χ0n) is 8.96. The molecule has 4 N–H and O–H groups in total. The Morgan fingerprint density at radius 2 is 2.19 bits per heavy atom. The second kappa shape index (κ2) is 5.35. The van der Waals surface area contributed by atoms with Crippen molar-refractivity contribution < 1.29 is 13.2 Å². The van der Waals surface area contributed by atoms with Gasteiger partial charge in [0, 0.05) is 31.5 Å². The summed E-state index contributed by atoms with van der Waals surface area (Å²) in [5.41, 5.74) is 6.44. The predicted molar refractivity (Wildman–Crippen MR) is 59.2 cm³/mol. The first kappa shape index (κ1) is 13.0. The number of methoxy groups -OCH3 is 1. The van der Waals surface area contributed by atoms with Gasteiger partial charge in [0.25, 0.3) is 0 Å². The van der Waals surface area contributed by atoms with Gasteiger partial charge in [0.1, 0.15) is 4.90 Å². The number of hydrogen-bond donors (Lipinski definition) is 2. The fourth-order valence-corrected chi connectivity index (χ4v) is 1.70. The lowest BCUT2D eigenvalue weighted by Crippen LogP contribution is -2.28. The second-order valence-corrected chi connectivity index (χ2v) is 5.01. The summed E-state index contributed by atoms with van der Waals surface area (Å²) in [6.07, 6.45) is 1.75. The van der Waals surface area contributed by atoms with Crippen molar-refractivity contribution in [2.45, 2.75) is 17.4 Å². The van der Waals surface area contributed by atoms with Crippen molar-refractivity contribution in [3.63, 3.8) is 0 Å². The highest BCUT2D eigenvalue weighted by atomic mass is 32.2. The molecule has 0 amide bonds.